The molecule has 1 aromatic rings. The summed E-state index contributed by atoms with van der Waals surface area (Å²) in [6, 6.07) is 3.13. The van der Waals surface area contributed by atoms with Crippen LogP contribution in [0.1, 0.15) is 10.6 Å². The summed E-state index contributed by atoms with van der Waals surface area (Å²) in [4.78, 5) is 67.5. The fourth-order valence-corrected chi connectivity index (χ4v) is 0.846. The zero-order valence-corrected chi connectivity index (χ0v) is 15.7. The molecule has 0 saturated heterocycles. The lowest BCUT2D eigenvalue weighted by Crippen LogP contribution is -2.08. The average molecular weight is 459 g/mol. The molecule has 0 aliphatic rings. The average Bonchev–Trinajstić information content (AvgIpc) is 3.20. The van der Waals surface area contributed by atoms with Gasteiger partial charge in [0, 0.05) is 36.5 Å². The third-order valence-corrected chi connectivity index (χ3v) is 1.87. The number of primary amides is 1. The second-order valence-electron chi connectivity index (χ2n) is 4.37. The Hall–Kier alpha value is -5.21. The first-order valence-electron chi connectivity index (χ1n) is 7.44. The van der Waals surface area contributed by atoms with Gasteiger partial charge in [-0.2, -0.15) is 0 Å². The number of hydrogen-bond acceptors (Lipinski definition) is 8. The number of furan rings is 1. The Morgan fingerprint density at radius 2 is 0.844 bits per heavy atom. The molecule has 0 atom stereocenters. The highest BCUT2D eigenvalue weighted by molar-refractivity contribution is 5.91. The van der Waals surface area contributed by atoms with Crippen LogP contribution in [0.5, 0.6) is 0 Å². The lowest BCUT2D eigenvalue weighted by Gasteiger charge is -1.80. The zero-order chi connectivity index (χ0) is 25.7. The largest absolute Gasteiger partial charge is 0.478 e. The summed E-state index contributed by atoms with van der Waals surface area (Å²) in [6.45, 7) is 0. The van der Waals surface area contributed by atoms with Crippen molar-refractivity contribution in [1.29, 1.82) is 0 Å². The van der Waals surface area contributed by atoms with Gasteiger partial charge in [-0.3, -0.25) is 4.79 Å². The van der Waals surface area contributed by atoms with Gasteiger partial charge < -0.3 is 40.8 Å². The minimum Gasteiger partial charge on any atom is -0.478 e. The third kappa shape index (κ3) is 32.5. The van der Waals surface area contributed by atoms with Crippen molar-refractivity contribution in [1.82, 2.24) is 0 Å². The minimum atomic E-state index is -1.26. The Labute approximate surface area is 177 Å². The van der Waals surface area contributed by atoms with E-state index in [2.05, 4.69) is 4.42 Å². The molecule has 0 spiro atoms. The van der Waals surface area contributed by atoms with Gasteiger partial charge in [0.25, 0.3) is 5.91 Å². The Bertz CT molecular complexity index is 748. The summed E-state index contributed by atoms with van der Waals surface area (Å²) in [5, 5.41) is 46.9. The number of carbonyl (C=O) groups is 7. The van der Waals surface area contributed by atoms with E-state index in [1.54, 1.807) is 6.07 Å². The lowest BCUT2D eigenvalue weighted by molar-refractivity contribution is -0.134. The smallest absolute Gasteiger partial charge is 0.328 e. The predicted octanol–water partition coefficient (Wildman–Crippen LogP) is -0.486. The maximum Gasteiger partial charge on any atom is 0.328 e. The molecule has 32 heavy (non-hydrogen) atoms. The van der Waals surface area contributed by atoms with Crippen LogP contribution in [0.15, 0.2) is 59.3 Å². The number of nitrogens with two attached hydrogens (primary N) is 1. The lowest BCUT2D eigenvalue weighted by atomic mass is 10.4. The van der Waals surface area contributed by atoms with Crippen molar-refractivity contribution in [3.05, 3.63) is 60.6 Å². The van der Waals surface area contributed by atoms with Crippen LogP contribution in [0.4, 0.5) is 0 Å². The molecule has 15 nitrogen and oxygen atoms in total. The molecular formula is C17H17NO14. The Balaban J connectivity index is -0.000000350. The standard InChI is InChI=1S/C5H5NO2.3C4H4O4/c6-5(7)4-2-1-3-8-4;3*5-3(6)1-2-4(7)8/h1-3H,(H2,6,7);3*1-2H,(H,5,6)(H,7,8)/b;3*2-1-. The summed E-state index contributed by atoms with van der Waals surface area (Å²) in [5.41, 5.74) is 4.83. The molecule has 15 heteroatoms. The van der Waals surface area contributed by atoms with Gasteiger partial charge in [-0.25, -0.2) is 28.8 Å². The van der Waals surface area contributed by atoms with Crippen LogP contribution in [0.2, 0.25) is 0 Å². The number of amides is 1. The van der Waals surface area contributed by atoms with Crippen LogP contribution in [-0.4, -0.2) is 72.4 Å². The first-order valence-corrected chi connectivity index (χ1v) is 7.44. The molecule has 8 N–H and O–H groups in total. The van der Waals surface area contributed by atoms with Crippen molar-refractivity contribution in [2.75, 3.05) is 0 Å². The molecule has 174 valence electrons. The van der Waals surface area contributed by atoms with Gasteiger partial charge in [-0.1, -0.05) is 0 Å². The molecule has 1 amide bonds. The van der Waals surface area contributed by atoms with Crippen LogP contribution in [0.3, 0.4) is 0 Å². The normalized spacial score (nSPS) is 9.38. The molecule has 1 heterocycles. The van der Waals surface area contributed by atoms with Crippen LogP contribution in [-0.2, 0) is 28.8 Å². The maximum atomic E-state index is 10.2. The molecule has 0 aliphatic carbocycles. The first-order chi connectivity index (χ1) is 14.7. The Kier molecular flexibility index (Phi) is 18.8. The van der Waals surface area contributed by atoms with Crippen molar-refractivity contribution in [3.8, 4) is 0 Å². The molecule has 1 aromatic heterocycles. The van der Waals surface area contributed by atoms with Crippen LogP contribution in [0.25, 0.3) is 0 Å². The van der Waals surface area contributed by atoms with Crippen molar-refractivity contribution in [3.63, 3.8) is 0 Å². The predicted molar refractivity (Wildman–Crippen MR) is 100 cm³/mol. The number of hydrogen-bond donors (Lipinski definition) is 7. The highest BCUT2D eigenvalue weighted by Crippen LogP contribution is 1.96. The molecule has 1 rings (SSSR count). The summed E-state index contributed by atoms with van der Waals surface area (Å²) >= 11 is 0. The minimum absolute atomic E-state index is 0.199. The van der Waals surface area contributed by atoms with Crippen LogP contribution in [0, 0.1) is 0 Å². The van der Waals surface area contributed by atoms with E-state index in [4.69, 9.17) is 36.4 Å². The molecule has 0 aliphatic heterocycles. The van der Waals surface area contributed by atoms with Gasteiger partial charge in [0.1, 0.15) is 0 Å². The number of aliphatic carboxylic acids is 6. The Morgan fingerprint density at radius 1 is 0.594 bits per heavy atom. The number of carbonyl (C=O) groups excluding carboxylic acids is 1. The molecule has 0 bridgehead atoms. The summed E-state index contributed by atoms with van der Waals surface area (Å²) < 4.78 is 4.62. The second-order valence-corrected chi connectivity index (χ2v) is 4.37. The van der Waals surface area contributed by atoms with Crippen molar-refractivity contribution >= 4 is 41.7 Å². The van der Waals surface area contributed by atoms with Gasteiger partial charge >= 0.3 is 35.8 Å². The highest BCUT2D eigenvalue weighted by Gasteiger charge is 1.98. The third-order valence-electron chi connectivity index (χ3n) is 1.87. The van der Waals surface area contributed by atoms with E-state index in [0.717, 1.165) is 0 Å². The number of carboxylic acid groups (broad SMARTS) is 6. The maximum absolute atomic E-state index is 10.2. The molecular weight excluding hydrogens is 442 g/mol. The van der Waals surface area contributed by atoms with Gasteiger partial charge in [0.2, 0.25) is 0 Å². The quantitative estimate of drug-likeness (QED) is 0.253. The van der Waals surface area contributed by atoms with Gasteiger partial charge in [0.15, 0.2) is 5.76 Å². The summed E-state index contributed by atoms with van der Waals surface area (Å²) in [7, 11) is 0. The van der Waals surface area contributed by atoms with E-state index < -0.39 is 41.7 Å². The van der Waals surface area contributed by atoms with Crippen LogP contribution < -0.4 is 5.73 Å². The van der Waals surface area contributed by atoms with Gasteiger partial charge in [-0.15, -0.1) is 0 Å². The number of carboxylic acids is 6. The molecule has 0 saturated carbocycles. The topological polar surface area (TPSA) is 280 Å². The summed E-state index contributed by atoms with van der Waals surface area (Å²) in [6.07, 6.45) is 4.75. The van der Waals surface area contributed by atoms with E-state index in [1.807, 2.05) is 0 Å². The van der Waals surface area contributed by atoms with E-state index in [1.165, 1.54) is 12.3 Å². The van der Waals surface area contributed by atoms with Crippen molar-refractivity contribution in [2.45, 2.75) is 0 Å². The van der Waals surface area contributed by atoms with E-state index in [0.29, 0.717) is 36.5 Å². The zero-order valence-electron chi connectivity index (χ0n) is 15.7. The molecule has 0 fully saturated rings. The Morgan fingerprint density at radius 3 is 0.938 bits per heavy atom. The SMILES string of the molecule is NC(=O)c1ccco1.O=C(O)/C=C\C(=O)O.O=C(O)/C=C\C(=O)O.O=C(O)/C=C\C(=O)O. The van der Waals surface area contributed by atoms with Crippen molar-refractivity contribution < 1.29 is 68.6 Å². The van der Waals surface area contributed by atoms with Crippen molar-refractivity contribution in [2.24, 2.45) is 5.73 Å². The molecule has 0 aromatic carbocycles. The van der Waals surface area contributed by atoms with Crippen LogP contribution >= 0.6 is 0 Å². The first kappa shape index (κ1) is 31.5. The monoisotopic (exact) mass is 459 g/mol. The van der Waals surface area contributed by atoms with E-state index in [-0.39, 0.29) is 5.76 Å². The fourth-order valence-electron chi connectivity index (χ4n) is 0.846. The van der Waals surface area contributed by atoms with Gasteiger partial charge in [-0.05, 0) is 12.1 Å². The molecule has 0 unspecified atom stereocenters. The number of rotatable bonds is 7. The second kappa shape index (κ2) is 19.1. The highest BCUT2D eigenvalue weighted by atomic mass is 16.4. The van der Waals surface area contributed by atoms with Gasteiger partial charge in [0.05, 0.1) is 6.26 Å². The van der Waals surface area contributed by atoms with E-state index >= 15 is 0 Å². The summed E-state index contributed by atoms with van der Waals surface area (Å²) in [5.74, 6) is -7.88. The molecule has 0 radical (unpaired) electrons. The van der Waals surface area contributed by atoms with E-state index in [9.17, 15) is 33.6 Å². The fraction of sp³-hybridized carbons (Fsp3) is 0.